The van der Waals surface area contributed by atoms with Crippen LogP contribution in [0.4, 0.5) is 4.48 Å². The third-order valence-electron chi connectivity index (χ3n) is 1.63. The number of aromatic nitrogens is 3. The molecule has 2 rings (SSSR count). The van der Waals surface area contributed by atoms with E-state index in [2.05, 4.69) is 10.3 Å². The van der Waals surface area contributed by atoms with Crippen LogP contribution in [0.2, 0.25) is 0 Å². The van der Waals surface area contributed by atoms with E-state index in [0.717, 1.165) is 5.56 Å². The molecule has 4 heteroatoms. The lowest BCUT2D eigenvalue weighted by atomic mass is 10.2. The molecule has 0 N–H and O–H groups in total. The quantitative estimate of drug-likeness (QED) is 0.570. The van der Waals surface area contributed by atoms with Crippen LogP contribution in [-0.2, 0) is 0 Å². The molecular weight excluding hydrogens is 145 g/mol. The molecule has 1 aromatic carbocycles. The summed E-state index contributed by atoms with van der Waals surface area (Å²) in [5.41, 5.74) is 1.88. The molecule has 0 amide bonds. The molecule has 1 heterocycles. The fraction of sp³-hybridized carbons (Fsp3) is 0.143. The van der Waals surface area contributed by atoms with Crippen molar-refractivity contribution >= 4 is 11.0 Å². The number of hydrogen-bond donors (Lipinski definition) is 0. The number of halogens is 1. The van der Waals surface area contributed by atoms with Crippen LogP contribution in [0.25, 0.3) is 11.0 Å². The third kappa shape index (κ3) is 0.790. The first-order valence-corrected chi connectivity index (χ1v) is 3.26. The zero-order chi connectivity index (χ0) is 7.84. The van der Waals surface area contributed by atoms with E-state index in [9.17, 15) is 4.48 Å². The lowest BCUT2D eigenvalue weighted by Gasteiger charge is -1.91. The molecule has 0 saturated carbocycles. The van der Waals surface area contributed by atoms with Crippen molar-refractivity contribution < 1.29 is 4.48 Å². The SMILES string of the molecule is Cc1cccc2nnn(F)c12. The van der Waals surface area contributed by atoms with Gasteiger partial charge >= 0.3 is 0 Å². The molecule has 0 fully saturated rings. The summed E-state index contributed by atoms with van der Waals surface area (Å²) in [6, 6.07) is 5.37. The summed E-state index contributed by atoms with van der Waals surface area (Å²) in [6.45, 7) is 1.82. The van der Waals surface area contributed by atoms with E-state index < -0.39 is 0 Å². The molecular formula is C7H6FN3. The summed E-state index contributed by atoms with van der Waals surface area (Å²) in [5.74, 6) is 0. The average Bonchev–Trinajstić information content (AvgIpc) is 2.34. The largest absolute Gasteiger partial charge is 0.128 e. The highest BCUT2D eigenvalue weighted by molar-refractivity contribution is 5.77. The number of benzene rings is 1. The smallest absolute Gasteiger partial charge is 0.128 e. The van der Waals surface area contributed by atoms with Gasteiger partial charge in [0.2, 0.25) is 0 Å². The van der Waals surface area contributed by atoms with Crippen LogP contribution in [0.5, 0.6) is 0 Å². The Labute approximate surface area is 62.4 Å². The molecule has 11 heavy (non-hydrogen) atoms. The highest BCUT2D eigenvalue weighted by Crippen LogP contribution is 2.14. The molecule has 0 aliphatic rings. The van der Waals surface area contributed by atoms with Gasteiger partial charge in [-0.3, -0.25) is 0 Å². The van der Waals surface area contributed by atoms with Crippen molar-refractivity contribution in [2.24, 2.45) is 0 Å². The van der Waals surface area contributed by atoms with Crippen LogP contribution in [0, 0.1) is 6.92 Å². The van der Waals surface area contributed by atoms with Gasteiger partial charge in [-0.2, -0.15) is 0 Å². The fourth-order valence-corrected chi connectivity index (χ4v) is 1.10. The Balaban J connectivity index is 2.96. The third-order valence-corrected chi connectivity index (χ3v) is 1.63. The van der Waals surface area contributed by atoms with Crippen molar-refractivity contribution in [2.45, 2.75) is 6.92 Å². The van der Waals surface area contributed by atoms with Crippen LogP contribution in [-0.4, -0.2) is 15.2 Å². The molecule has 0 spiro atoms. The number of fused-ring (bicyclic) bond motifs is 1. The van der Waals surface area contributed by atoms with Gasteiger partial charge in [-0.1, -0.05) is 21.5 Å². The van der Waals surface area contributed by atoms with E-state index in [1.807, 2.05) is 19.1 Å². The van der Waals surface area contributed by atoms with E-state index in [4.69, 9.17) is 0 Å². The van der Waals surface area contributed by atoms with Gasteiger partial charge in [0.15, 0.2) is 0 Å². The Morgan fingerprint density at radius 2 is 2.27 bits per heavy atom. The molecule has 3 nitrogen and oxygen atoms in total. The number of hydrogen-bond acceptors (Lipinski definition) is 2. The van der Waals surface area contributed by atoms with Crippen molar-refractivity contribution in [1.82, 2.24) is 15.2 Å². The van der Waals surface area contributed by atoms with Crippen molar-refractivity contribution in [3.05, 3.63) is 23.8 Å². The second kappa shape index (κ2) is 2.02. The summed E-state index contributed by atoms with van der Waals surface area (Å²) in [7, 11) is 0. The van der Waals surface area contributed by atoms with Gasteiger partial charge in [0.1, 0.15) is 11.0 Å². The van der Waals surface area contributed by atoms with Crippen LogP contribution in [0.1, 0.15) is 5.56 Å². The molecule has 56 valence electrons. The molecule has 0 saturated heterocycles. The van der Waals surface area contributed by atoms with Gasteiger partial charge < -0.3 is 0 Å². The summed E-state index contributed by atoms with van der Waals surface area (Å²) in [5, 5.41) is 6.87. The lowest BCUT2D eigenvalue weighted by molar-refractivity contribution is 0.320. The Bertz CT molecular complexity index is 393. The minimum absolute atomic E-state index is 0.296. The van der Waals surface area contributed by atoms with Gasteiger partial charge in [0, 0.05) is 0 Å². The zero-order valence-electron chi connectivity index (χ0n) is 5.95. The fourth-order valence-electron chi connectivity index (χ4n) is 1.10. The maximum absolute atomic E-state index is 12.8. The molecule has 0 aliphatic heterocycles. The predicted octanol–water partition coefficient (Wildman–Crippen LogP) is 1.47. The summed E-state index contributed by atoms with van der Waals surface area (Å²) in [4.78, 5) is 0.296. The second-order valence-corrected chi connectivity index (χ2v) is 2.39. The topological polar surface area (TPSA) is 30.7 Å². The normalized spacial score (nSPS) is 10.7. The Morgan fingerprint density at radius 1 is 1.45 bits per heavy atom. The Kier molecular flexibility index (Phi) is 1.15. The van der Waals surface area contributed by atoms with Crippen LogP contribution >= 0.6 is 0 Å². The maximum Gasteiger partial charge on any atom is 0.128 e. The summed E-state index contributed by atoms with van der Waals surface area (Å²) in [6.07, 6.45) is 0. The van der Waals surface area contributed by atoms with Crippen molar-refractivity contribution in [1.29, 1.82) is 0 Å². The molecule has 0 atom stereocenters. The van der Waals surface area contributed by atoms with Gasteiger partial charge in [0.05, 0.1) is 0 Å². The lowest BCUT2D eigenvalue weighted by Crippen LogP contribution is -1.85. The molecule has 0 radical (unpaired) electrons. The monoisotopic (exact) mass is 151 g/mol. The van der Waals surface area contributed by atoms with Crippen molar-refractivity contribution in [3.8, 4) is 0 Å². The Hall–Kier alpha value is -1.45. The number of rotatable bonds is 0. The van der Waals surface area contributed by atoms with E-state index >= 15 is 0 Å². The first-order valence-electron chi connectivity index (χ1n) is 3.26. The number of nitrogens with zero attached hydrogens (tertiary/aromatic N) is 3. The maximum atomic E-state index is 12.8. The number of aryl methyl sites for hydroxylation is 1. The van der Waals surface area contributed by atoms with Crippen LogP contribution in [0.15, 0.2) is 18.2 Å². The molecule has 1 aromatic heterocycles. The van der Waals surface area contributed by atoms with E-state index in [1.54, 1.807) is 6.07 Å². The second-order valence-electron chi connectivity index (χ2n) is 2.39. The van der Waals surface area contributed by atoms with Gasteiger partial charge in [-0.05, 0) is 23.8 Å². The molecule has 0 aliphatic carbocycles. The first-order chi connectivity index (χ1) is 5.29. The van der Waals surface area contributed by atoms with Crippen LogP contribution < -0.4 is 0 Å². The standard InChI is InChI=1S/C7H6FN3/c1-5-3-2-4-6-7(5)11(8)10-9-6/h2-4H,1H3. The first kappa shape index (κ1) is 6.27. The van der Waals surface area contributed by atoms with E-state index in [-0.39, 0.29) is 0 Å². The van der Waals surface area contributed by atoms with Gasteiger partial charge in [0.25, 0.3) is 0 Å². The predicted molar refractivity (Wildman–Crippen MR) is 38.8 cm³/mol. The minimum atomic E-state index is 0.296. The summed E-state index contributed by atoms with van der Waals surface area (Å²) < 4.78 is 12.8. The van der Waals surface area contributed by atoms with Crippen molar-refractivity contribution in [2.75, 3.05) is 0 Å². The van der Waals surface area contributed by atoms with E-state index in [1.165, 1.54) is 0 Å². The highest BCUT2D eigenvalue weighted by Gasteiger charge is 2.04. The molecule has 0 bridgehead atoms. The summed E-state index contributed by atoms with van der Waals surface area (Å²) >= 11 is 0. The average molecular weight is 151 g/mol. The van der Waals surface area contributed by atoms with Crippen molar-refractivity contribution in [3.63, 3.8) is 0 Å². The molecule has 0 unspecified atom stereocenters. The molecule has 2 aromatic rings. The highest BCUT2D eigenvalue weighted by atomic mass is 19.2. The van der Waals surface area contributed by atoms with Crippen LogP contribution in [0.3, 0.4) is 0 Å². The van der Waals surface area contributed by atoms with Gasteiger partial charge in [-0.25, -0.2) is 0 Å². The minimum Gasteiger partial charge on any atom is -0.128 e. The van der Waals surface area contributed by atoms with Gasteiger partial charge in [-0.15, -0.1) is 5.10 Å². The zero-order valence-corrected chi connectivity index (χ0v) is 5.95. The van der Waals surface area contributed by atoms with E-state index in [0.29, 0.717) is 15.9 Å². The Morgan fingerprint density at radius 3 is 3.00 bits per heavy atom. The number of para-hydroxylation sites is 1.